The maximum Gasteiger partial charge on any atom is 0.232 e. The molecule has 0 N–H and O–H groups in total. The van der Waals surface area contributed by atoms with Crippen molar-refractivity contribution in [1.82, 2.24) is 4.90 Å². The molecule has 3 aromatic rings. The van der Waals surface area contributed by atoms with Crippen LogP contribution < -0.4 is 9.47 Å². The first-order chi connectivity index (χ1) is 14.3. The molecular weight excluding hydrogens is 366 g/mol. The van der Waals surface area contributed by atoms with Crippen molar-refractivity contribution in [3.8, 4) is 11.5 Å². The molecule has 0 fully saturated rings. The van der Waals surface area contributed by atoms with Gasteiger partial charge >= 0.3 is 0 Å². The second kappa shape index (κ2) is 7.60. The van der Waals surface area contributed by atoms with E-state index in [0.29, 0.717) is 30.3 Å². The minimum Gasteiger partial charge on any atom is -0.478 e. The Kier molecular flexibility index (Phi) is 4.66. The number of rotatable bonds is 5. The Morgan fingerprint density at radius 3 is 2.76 bits per heavy atom. The van der Waals surface area contributed by atoms with Gasteiger partial charge in [0.15, 0.2) is 5.76 Å². The van der Waals surface area contributed by atoms with Crippen LogP contribution in [0.5, 0.6) is 11.5 Å². The van der Waals surface area contributed by atoms with E-state index in [1.54, 1.807) is 30.5 Å². The summed E-state index contributed by atoms with van der Waals surface area (Å²) in [6.45, 7) is 2.17. The molecule has 0 atom stereocenters. The zero-order valence-electron chi connectivity index (χ0n) is 16.0. The van der Waals surface area contributed by atoms with Crippen LogP contribution in [0.1, 0.15) is 33.7 Å². The minimum atomic E-state index is -0.125. The maximum atomic E-state index is 12.7. The lowest BCUT2D eigenvalue weighted by atomic mass is 10.0. The number of furan rings is 1. The molecule has 3 heterocycles. The smallest absolute Gasteiger partial charge is 0.232 e. The number of Topliss-reactive ketones (excluding diaryl/α,β-unsaturated/α-hetero) is 1. The average Bonchev–Trinajstić information content (AvgIpc) is 3.38. The van der Waals surface area contributed by atoms with Crippen LogP contribution in [0.2, 0.25) is 0 Å². The van der Waals surface area contributed by atoms with Crippen LogP contribution in [0, 0.1) is 0 Å². The highest BCUT2D eigenvalue weighted by molar-refractivity contribution is 6.14. The molecule has 0 amide bonds. The maximum absolute atomic E-state index is 12.7. The predicted molar refractivity (Wildman–Crippen MR) is 109 cm³/mol. The Bertz CT molecular complexity index is 1050. The largest absolute Gasteiger partial charge is 0.478 e. The molecule has 29 heavy (non-hydrogen) atoms. The fourth-order valence-electron chi connectivity index (χ4n) is 3.80. The Hall–Kier alpha value is -3.31. The van der Waals surface area contributed by atoms with Gasteiger partial charge in [-0.2, -0.15) is 0 Å². The van der Waals surface area contributed by atoms with Gasteiger partial charge in [0.2, 0.25) is 5.78 Å². The first-order valence-electron chi connectivity index (χ1n) is 9.80. The molecule has 5 nitrogen and oxygen atoms in total. The van der Waals surface area contributed by atoms with E-state index in [-0.39, 0.29) is 11.5 Å². The van der Waals surface area contributed by atoms with E-state index in [1.165, 1.54) is 5.56 Å². The third-order valence-electron chi connectivity index (χ3n) is 5.28. The summed E-state index contributed by atoms with van der Waals surface area (Å²) in [6, 6.07) is 17.7. The van der Waals surface area contributed by atoms with E-state index in [0.717, 1.165) is 30.7 Å². The van der Waals surface area contributed by atoms with Crippen LogP contribution >= 0.6 is 0 Å². The van der Waals surface area contributed by atoms with E-state index >= 15 is 0 Å². The predicted octanol–water partition coefficient (Wildman–Crippen LogP) is 4.68. The SMILES string of the molecule is O=C1/C(=C/c2ccco2)Oc2c1ccc1c2CN(CCCc2ccccc2)CO1. The molecule has 2 aliphatic heterocycles. The number of fused-ring (bicyclic) bond motifs is 3. The average molecular weight is 387 g/mol. The van der Waals surface area contributed by atoms with Gasteiger partial charge in [-0.15, -0.1) is 0 Å². The van der Waals surface area contributed by atoms with Gasteiger partial charge in [-0.05, 0) is 42.7 Å². The summed E-state index contributed by atoms with van der Waals surface area (Å²) in [5, 5.41) is 0. The molecule has 0 saturated heterocycles. The summed E-state index contributed by atoms with van der Waals surface area (Å²) in [5.74, 6) is 2.15. The molecule has 1 aromatic heterocycles. The number of hydrogen-bond donors (Lipinski definition) is 0. The molecule has 146 valence electrons. The fraction of sp³-hybridized carbons (Fsp3) is 0.208. The normalized spacial score (nSPS) is 17.0. The van der Waals surface area contributed by atoms with Gasteiger partial charge in [0.05, 0.1) is 17.4 Å². The molecule has 0 saturated carbocycles. The molecule has 2 aliphatic rings. The van der Waals surface area contributed by atoms with Gasteiger partial charge in [-0.3, -0.25) is 9.69 Å². The number of benzene rings is 2. The third-order valence-corrected chi connectivity index (χ3v) is 5.28. The minimum absolute atomic E-state index is 0.125. The molecule has 2 aromatic carbocycles. The van der Waals surface area contributed by atoms with Crippen molar-refractivity contribution in [2.45, 2.75) is 19.4 Å². The number of ether oxygens (including phenoxy) is 2. The molecule has 0 spiro atoms. The van der Waals surface area contributed by atoms with Gasteiger partial charge in [0.1, 0.15) is 24.0 Å². The quantitative estimate of drug-likeness (QED) is 0.595. The summed E-state index contributed by atoms with van der Waals surface area (Å²) >= 11 is 0. The second-order valence-electron chi connectivity index (χ2n) is 7.29. The Balaban J connectivity index is 1.31. The van der Waals surface area contributed by atoms with Gasteiger partial charge in [0.25, 0.3) is 0 Å². The monoisotopic (exact) mass is 387 g/mol. The van der Waals surface area contributed by atoms with Gasteiger partial charge < -0.3 is 13.9 Å². The molecule has 0 bridgehead atoms. The first-order valence-corrected chi connectivity index (χ1v) is 9.80. The first kappa shape index (κ1) is 17.8. The lowest BCUT2D eigenvalue weighted by Gasteiger charge is -2.29. The lowest BCUT2D eigenvalue weighted by molar-refractivity contribution is 0.0928. The molecule has 0 unspecified atom stereocenters. The van der Waals surface area contributed by atoms with Crippen molar-refractivity contribution in [2.75, 3.05) is 13.3 Å². The van der Waals surface area contributed by atoms with E-state index < -0.39 is 0 Å². The van der Waals surface area contributed by atoms with Crippen LogP contribution in [0.25, 0.3) is 6.08 Å². The van der Waals surface area contributed by atoms with Crippen LogP contribution in [0.15, 0.2) is 71.0 Å². The summed E-state index contributed by atoms with van der Waals surface area (Å²) < 4.78 is 17.2. The summed E-state index contributed by atoms with van der Waals surface area (Å²) in [5.41, 5.74) is 2.86. The molecule has 0 aliphatic carbocycles. The zero-order chi connectivity index (χ0) is 19.6. The van der Waals surface area contributed by atoms with Gasteiger partial charge in [-0.1, -0.05) is 30.3 Å². The number of nitrogens with zero attached hydrogens (tertiary/aromatic N) is 1. The van der Waals surface area contributed by atoms with Crippen molar-refractivity contribution < 1.29 is 18.7 Å². The number of hydrogen-bond acceptors (Lipinski definition) is 5. The van der Waals surface area contributed by atoms with Crippen molar-refractivity contribution in [3.63, 3.8) is 0 Å². The topological polar surface area (TPSA) is 51.9 Å². The van der Waals surface area contributed by atoms with E-state index in [9.17, 15) is 4.79 Å². The number of carbonyl (C=O) groups excluding carboxylic acids is 1. The number of aryl methyl sites for hydroxylation is 1. The highest BCUT2D eigenvalue weighted by Crippen LogP contribution is 2.42. The van der Waals surface area contributed by atoms with Crippen LogP contribution in [0.3, 0.4) is 0 Å². The summed E-state index contributed by atoms with van der Waals surface area (Å²) in [6.07, 6.45) is 5.28. The van der Waals surface area contributed by atoms with Crippen LogP contribution in [0.4, 0.5) is 0 Å². The zero-order valence-corrected chi connectivity index (χ0v) is 16.0. The molecule has 5 rings (SSSR count). The summed E-state index contributed by atoms with van der Waals surface area (Å²) in [4.78, 5) is 15.0. The highest BCUT2D eigenvalue weighted by atomic mass is 16.5. The van der Waals surface area contributed by atoms with Gasteiger partial charge in [-0.25, -0.2) is 0 Å². The highest BCUT2D eigenvalue weighted by Gasteiger charge is 2.33. The Labute approximate surface area is 169 Å². The van der Waals surface area contributed by atoms with Gasteiger partial charge in [0, 0.05) is 19.2 Å². The molecule has 0 radical (unpaired) electrons. The fourth-order valence-corrected chi connectivity index (χ4v) is 3.80. The lowest BCUT2D eigenvalue weighted by Crippen LogP contribution is -2.33. The Morgan fingerprint density at radius 2 is 1.93 bits per heavy atom. The molecular formula is C24H21NO4. The molecule has 5 heteroatoms. The number of ketones is 1. The van der Waals surface area contributed by atoms with E-state index in [4.69, 9.17) is 13.9 Å². The van der Waals surface area contributed by atoms with E-state index in [2.05, 4.69) is 29.2 Å². The standard InChI is InChI=1S/C24H21NO4/c26-23-19-10-11-21-20(24(19)29-22(23)14-18-9-5-13-27-18)15-25(16-28-21)12-4-8-17-6-2-1-3-7-17/h1-3,5-7,9-11,13-14H,4,8,12,15-16H2/b22-14-. The Morgan fingerprint density at radius 1 is 1.03 bits per heavy atom. The van der Waals surface area contributed by atoms with E-state index in [1.807, 2.05) is 12.1 Å². The van der Waals surface area contributed by atoms with Crippen LogP contribution in [-0.4, -0.2) is 24.0 Å². The number of carbonyl (C=O) groups is 1. The van der Waals surface area contributed by atoms with Crippen molar-refractivity contribution in [1.29, 1.82) is 0 Å². The summed E-state index contributed by atoms with van der Waals surface area (Å²) in [7, 11) is 0. The van der Waals surface area contributed by atoms with Crippen molar-refractivity contribution in [3.05, 3.63) is 89.1 Å². The van der Waals surface area contributed by atoms with Crippen LogP contribution in [-0.2, 0) is 13.0 Å². The third kappa shape index (κ3) is 3.57. The second-order valence-corrected chi connectivity index (χ2v) is 7.29. The van der Waals surface area contributed by atoms with Crippen molar-refractivity contribution in [2.24, 2.45) is 0 Å². The number of allylic oxidation sites excluding steroid dienone is 1. The van der Waals surface area contributed by atoms with Crippen molar-refractivity contribution >= 4 is 11.9 Å².